The highest BCUT2D eigenvalue weighted by Gasteiger charge is 2.33. The van der Waals surface area contributed by atoms with Gasteiger partial charge in [-0.1, -0.05) is 32.4 Å². The van der Waals surface area contributed by atoms with Crippen LogP contribution in [0.5, 0.6) is 0 Å². The Labute approximate surface area is 186 Å². The fourth-order valence-electron chi connectivity index (χ4n) is 3.87. The van der Waals surface area contributed by atoms with Crippen molar-refractivity contribution in [1.29, 1.82) is 0 Å². The van der Waals surface area contributed by atoms with Gasteiger partial charge in [-0.2, -0.15) is 0 Å². The Morgan fingerprint density at radius 2 is 1.83 bits per heavy atom. The van der Waals surface area contributed by atoms with Gasteiger partial charge in [0.05, 0.1) is 5.56 Å². The molecule has 160 valence electrons. The lowest BCUT2D eigenvalue weighted by atomic mass is 9.72. The van der Waals surface area contributed by atoms with E-state index in [4.69, 9.17) is 17.3 Å². The lowest BCUT2D eigenvalue weighted by molar-refractivity contribution is -0.116. The number of primary amides is 1. The monoisotopic (exact) mass is 446 g/mol. The number of thiophene rings is 1. The largest absolute Gasteiger partial charge is 0.365 e. The number of nitrogens with two attached hydrogens (primary N) is 1. The van der Waals surface area contributed by atoms with Gasteiger partial charge in [0.1, 0.15) is 5.00 Å². The molecule has 0 aliphatic heterocycles. The number of Topliss-reactive ketones (excluding diaryl/α,β-unsaturated/α-hetero) is 1. The summed E-state index contributed by atoms with van der Waals surface area (Å²) < 4.78 is 0. The zero-order valence-electron chi connectivity index (χ0n) is 17.5. The predicted octanol–water partition coefficient (Wildman–Crippen LogP) is 5.25. The quantitative estimate of drug-likeness (QED) is 0.593. The molecule has 2 aromatic rings. The summed E-state index contributed by atoms with van der Waals surface area (Å²) in [4.78, 5) is 38.0. The molecule has 5 nitrogen and oxygen atoms in total. The first kappa shape index (κ1) is 22.5. The van der Waals surface area contributed by atoms with Gasteiger partial charge in [0, 0.05) is 28.3 Å². The Kier molecular flexibility index (Phi) is 6.68. The lowest BCUT2D eigenvalue weighted by Crippen LogP contribution is -2.27. The summed E-state index contributed by atoms with van der Waals surface area (Å²) in [5.41, 5.74) is 7.74. The predicted molar refractivity (Wildman–Crippen MR) is 121 cm³/mol. The molecular weight excluding hydrogens is 420 g/mol. The molecule has 2 amide bonds. The zero-order chi connectivity index (χ0) is 22.1. The fraction of sp³-hybridized carbons (Fsp3) is 0.435. The summed E-state index contributed by atoms with van der Waals surface area (Å²) in [5.74, 6) is -0.430. The molecule has 30 heavy (non-hydrogen) atoms. The van der Waals surface area contributed by atoms with Crippen LogP contribution in [0.25, 0.3) is 0 Å². The van der Waals surface area contributed by atoms with Crippen molar-refractivity contribution in [3.63, 3.8) is 0 Å². The Balaban J connectivity index is 1.69. The fourth-order valence-corrected chi connectivity index (χ4v) is 5.35. The lowest BCUT2D eigenvalue weighted by Gasteiger charge is -2.33. The highest BCUT2D eigenvalue weighted by atomic mass is 35.5. The summed E-state index contributed by atoms with van der Waals surface area (Å²) in [6.45, 7) is 6.68. The third kappa shape index (κ3) is 5.10. The van der Waals surface area contributed by atoms with Gasteiger partial charge in [-0.3, -0.25) is 14.4 Å². The molecule has 3 rings (SSSR count). The normalized spacial score (nSPS) is 16.1. The van der Waals surface area contributed by atoms with Gasteiger partial charge < -0.3 is 11.1 Å². The van der Waals surface area contributed by atoms with E-state index in [1.54, 1.807) is 24.3 Å². The highest BCUT2D eigenvalue weighted by molar-refractivity contribution is 7.17. The molecule has 0 bridgehead atoms. The van der Waals surface area contributed by atoms with Crippen LogP contribution in [0.2, 0.25) is 5.02 Å². The van der Waals surface area contributed by atoms with Gasteiger partial charge in [-0.05, 0) is 60.4 Å². The number of hydrogen-bond acceptors (Lipinski definition) is 4. The van der Waals surface area contributed by atoms with Crippen molar-refractivity contribution in [1.82, 2.24) is 0 Å². The third-order valence-corrected chi connectivity index (χ3v) is 7.16. The van der Waals surface area contributed by atoms with Crippen molar-refractivity contribution in [3.8, 4) is 0 Å². The number of benzene rings is 1. The van der Waals surface area contributed by atoms with Gasteiger partial charge in [0.2, 0.25) is 5.91 Å². The van der Waals surface area contributed by atoms with Crippen molar-refractivity contribution in [2.75, 3.05) is 5.32 Å². The third-order valence-electron chi connectivity index (χ3n) is 5.73. The second-order valence-corrected chi connectivity index (χ2v) is 10.4. The SMILES string of the molecule is CC(C)(C)C1CCc2c(sc(NC(=O)CCC(=O)c3ccc(Cl)cc3)c2C(N)=O)C1. The van der Waals surface area contributed by atoms with E-state index in [-0.39, 0.29) is 29.9 Å². The van der Waals surface area contributed by atoms with Gasteiger partial charge in [0.15, 0.2) is 5.78 Å². The Morgan fingerprint density at radius 1 is 1.17 bits per heavy atom. The minimum Gasteiger partial charge on any atom is -0.365 e. The Hall–Kier alpha value is -2.18. The first-order chi connectivity index (χ1) is 14.1. The molecule has 1 heterocycles. The zero-order valence-corrected chi connectivity index (χ0v) is 19.1. The summed E-state index contributed by atoms with van der Waals surface area (Å²) in [7, 11) is 0. The maximum atomic E-state index is 12.5. The smallest absolute Gasteiger partial charge is 0.251 e. The number of halogens is 1. The van der Waals surface area contributed by atoms with Gasteiger partial charge in [-0.25, -0.2) is 0 Å². The average molecular weight is 447 g/mol. The molecule has 0 radical (unpaired) electrons. The minimum atomic E-state index is -0.519. The van der Waals surface area contributed by atoms with E-state index in [0.717, 1.165) is 29.7 Å². The van der Waals surface area contributed by atoms with Crippen LogP contribution in [-0.4, -0.2) is 17.6 Å². The maximum absolute atomic E-state index is 12.5. The molecular formula is C23H27ClN2O3S. The first-order valence-electron chi connectivity index (χ1n) is 10.1. The second-order valence-electron chi connectivity index (χ2n) is 8.86. The van der Waals surface area contributed by atoms with Crippen molar-refractivity contribution in [2.45, 2.75) is 52.9 Å². The molecule has 0 fully saturated rings. The van der Waals surface area contributed by atoms with Crippen LogP contribution in [0.15, 0.2) is 24.3 Å². The summed E-state index contributed by atoms with van der Waals surface area (Å²) in [5, 5.41) is 3.88. The maximum Gasteiger partial charge on any atom is 0.251 e. The number of nitrogens with one attached hydrogen (secondary N) is 1. The van der Waals surface area contributed by atoms with Gasteiger partial charge in [-0.15, -0.1) is 11.3 Å². The molecule has 1 atom stereocenters. The van der Waals surface area contributed by atoms with Crippen LogP contribution >= 0.6 is 22.9 Å². The molecule has 1 unspecified atom stereocenters. The van der Waals surface area contributed by atoms with Crippen LogP contribution in [-0.2, 0) is 17.6 Å². The average Bonchev–Trinajstić information content (AvgIpc) is 3.03. The van der Waals surface area contributed by atoms with E-state index in [1.807, 2.05) is 0 Å². The van der Waals surface area contributed by atoms with Gasteiger partial charge >= 0.3 is 0 Å². The number of fused-ring (bicyclic) bond motifs is 1. The van der Waals surface area contributed by atoms with E-state index in [2.05, 4.69) is 26.1 Å². The van der Waals surface area contributed by atoms with Crippen LogP contribution in [0.1, 0.15) is 71.2 Å². The van der Waals surface area contributed by atoms with E-state index < -0.39 is 5.91 Å². The van der Waals surface area contributed by atoms with Crippen LogP contribution in [0, 0.1) is 11.3 Å². The summed E-state index contributed by atoms with van der Waals surface area (Å²) in [6.07, 6.45) is 2.78. The number of carbonyl (C=O) groups excluding carboxylic acids is 3. The number of carbonyl (C=O) groups is 3. The molecule has 1 aliphatic carbocycles. The number of hydrogen-bond donors (Lipinski definition) is 2. The van der Waals surface area contributed by atoms with Crippen molar-refractivity contribution in [2.24, 2.45) is 17.1 Å². The number of rotatable bonds is 6. The molecule has 1 aromatic heterocycles. The Bertz CT molecular complexity index is 974. The molecule has 0 spiro atoms. The van der Waals surface area contributed by atoms with E-state index >= 15 is 0 Å². The molecule has 3 N–H and O–H groups in total. The molecule has 0 saturated carbocycles. The minimum absolute atomic E-state index is 0.0346. The summed E-state index contributed by atoms with van der Waals surface area (Å²) in [6, 6.07) is 6.59. The molecule has 0 saturated heterocycles. The topological polar surface area (TPSA) is 89.3 Å². The van der Waals surface area contributed by atoms with Crippen molar-refractivity contribution in [3.05, 3.63) is 50.9 Å². The number of anilines is 1. The standard InChI is InChI=1S/C23H27ClN2O3S/c1-23(2,3)14-6-9-16-18(12-14)30-22(20(16)21(25)29)26-19(28)11-10-17(27)13-4-7-15(24)8-5-13/h4-5,7-8,14H,6,9-12H2,1-3H3,(H2,25,29)(H,26,28). The molecule has 1 aliphatic rings. The molecule has 1 aromatic carbocycles. The van der Waals surface area contributed by atoms with Crippen LogP contribution < -0.4 is 11.1 Å². The molecule has 7 heteroatoms. The van der Waals surface area contributed by atoms with E-state index in [1.165, 1.54) is 11.3 Å². The number of ketones is 1. The van der Waals surface area contributed by atoms with Crippen molar-refractivity contribution < 1.29 is 14.4 Å². The highest BCUT2D eigenvalue weighted by Crippen LogP contribution is 2.44. The summed E-state index contributed by atoms with van der Waals surface area (Å²) >= 11 is 7.28. The van der Waals surface area contributed by atoms with Crippen LogP contribution in [0.4, 0.5) is 5.00 Å². The van der Waals surface area contributed by atoms with Gasteiger partial charge in [0.25, 0.3) is 5.91 Å². The van der Waals surface area contributed by atoms with E-state index in [0.29, 0.717) is 27.1 Å². The van der Waals surface area contributed by atoms with Crippen LogP contribution in [0.3, 0.4) is 0 Å². The second kappa shape index (κ2) is 8.90. The number of amides is 2. The van der Waals surface area contributed by atoms with E-state index in [9.17, 15) is 14.4 Å². The van der Waals surface area contributed by atoms with Crippen molar-refractivity contribution >= 4 is 45.5 Å². The Morgan fingerprint density at radius 3 is 2.43 bits per heavy atom. The first-order valence-corrected chi connectivity index (χ1v) is 11.3.